The van der Waals surface area contributed by atoms with E-state index in [0.29, 0.717) is 50.3 Å². The number of hydrogen-bond donors (Lipinski definition) is 3. The van der Waals surface area contributed by atoms with Gasteiger partial charge in [-0.1, -0.05) is 12.1 Å². The predicted octanol–water partition coefficient (Wildman–Crippen LogP) is 1.07. The summed E-state index contributed by atoms with van der Waals surface area (Å²) in [5.41, 5.74) is 0.184. The SMILES string of the molecule is CCOc1ccccc1NC(=O)C1CC(=O)Nc2nc(N3CCOCC3)[nH]c(=O)c21. The lowest BCUT2D eigenvalue weighted by molar-refractivity contribution is -0.123. The van der Waals surface area contributed by atoms with Gasteiger partial charge in [-0.15, -0.1) is 0 Å². The van der Waals surface area contributed by atoms with Crippen LogP contribution in [-0.4, -0.2) is 54.7 Å². The molecule has 0 spiro atoms. The molecule has 1 fully saturated rings. The van der Waals surface area contributed by atoms with Crippen LogP contribution in [-0.2, 0) is 14.3 Å². The Bertz CT molecular complexity index is 1010. The van der Waals surface area contributed by atoms with Crippen molar-refractivity contribution in [1.29, 1.82) is 0 Å². The molecule has 30 heavy (non-hydrogen) atoms. The highest BCUT2D eigenvalue weighted by molar-refractivity contribution is 6.04. The van der Waals surface area contributed by atoms with Gasteiger partial charge in [0.15, 0.2) is 0 Å². The minimum absolute atomic E-state index is 0.120. The molecule has 2 aromatic rings. The Labute approximate surface area is 172 Å². The molecule has 0 radical (unpaired) electrons. The number of amides is 2. The number of anilines is 3. The highest BCUT2D eigenvalue weighted by atomic mass is 16.5. The lowest BCUT2D eigenvalue weighted by atomic mass is 9.92. The molecule has 0 bridgehead atoms. The molecule has 4 rings (SSSR count). The molecule has 10 nitrogen and oxygen atoms in total. The number of rotatable bonds is 5. The number of hydrogen-bond acceptors (Lipinski definition) is 7. The Morgan fingerprint density at radius 2 is 2.07 bits per heavy atom. The van der Waals surface area contributed by atoms with Crippen LogP contribution in [0.2, 0.25) is 0 Å². The number of ether oxygens (including phenoxy) is 2. The second-order valence-corrected chi connectivity index (χ2v) is 6.97. The van der Waals surface area contributed by atoms with Crippen LogP contribution in [0, 0.1) is 0 Å². The number of carbonyl (C=O) groups excluding carboxylic acids is 2. The van der Waals surface area contributed by atoms with Crippen LogP contribution in [0.5, 0.6) is 5.75 Å². The summed E-state index contributed by atoms with van der Waals surface area (Å²) in [6, 6.07) is 7.01. The fraction of sp³-hybridized carbons (Fsp3) is 0.400. The van der Waals surface area contributed by atoms with Crippen LogP contribution in [0.1, 0.15) is 24.8 Å². The zero-order valence-corrected chi connectivity index (χ0v) is 16.6. The number of benzene rings is 1. The van der Waals surface area contributed by atoms with Gasteiger partial charge >= 0.3 is 0 Å². The Morgan fingerprint density at radius 3 is 2.83 bits per heavy atom. The fourth-order valence-electron chi connectivity index (χ4n) is 3.58. The van der Waals surface area contributed by atoms with E-state index in [2.05, 4.69) is 20.6 Å². The topological polar surface area (TPSA) is 126 Å². The monoisotopic (exact) mass is 413 g/mol. The fourth-order valence-corrected chi connectivity index (χ4v) is 3.58. The lowest BCUT2D eigenvalue weighted by Crippen LogP contribution is -2.41. The molecule has 3 N–H and O–H groups in total. The molecular formula is C20H23N5O5. The first-order chi connectivity index (χ1) is 14.6. The Balaban J connectivity index is 1.64. The van der Waals surface area contributed by atoms with Crippen molar-refractivity contribution in [1.82, 2.24) is 9.97 Å². The molecular weight excluding hydrogens is 390 g/mol. The normalized spacial score (nSPS) is 18.4. The van der Waals surface area contributed by atoms with Gasteiger partial charge in [0.2, 0.25) is 17.8 Å². The highest BCUT2D eigenvalue weighted by Crippen LogP contribution is 2.32. The predicted molar refractivity (Wildman–Crippen MR) is 110 cm³/mol. The third kappa shape index (κ3) is 3.99. The molecule has 2 aliphatic rings. The summed E-state index contributed by atoms with van der Waals surface area (Å²) in [7, 11) is 0. The molecule has 3 heterocycles. The molecule has 1 aromatic heterocycles. The lowest BCUT2D eigenvalue weighted by Gasteiger charge is -2.29. The van der Waals surface area contributed by atoms with E-state index in [-0.39, 0.29) is 23.7 Å². The smallest absolute Gasteiger partial charge is 0.258 e. The van der Waals surface area contributed by atoms with Crippen molar-refractivity contribution in [2.24, 2.45) is 0 Å². The number of H-pyrrole nitrogens is 1. The highest BCUT2D eigenvalue weighted by Gasteiger charge is 2.35. The molecule has 10 heteroatoms. The molecule has 1 unspecified atom stereocenters. The average molecular weight is 413 g/mol. The van der Waals surface area contributed by atoms with Gasteiger partial charge in [-0.3, -0.25) is 19.4 Å². The van der Waals surface area contributed by atoms with E-state index in [1.165, 1.54) is 0 Å². The van der Waals surface area contributed by atoms with Crippen molar-refractivity contribution in [2.45, 2.75) is 19.3 Å². The summed E-state index contributed by atoms with van der Waals surface area (Å²) >= 11 is 0. The number of nitrogens with one attached hydrogen (secondary N) is 3. The van der Waals surface area contributed by atoms with Gasteiger partial charge in [0.1, 0.15) is 11.6 Å². The first-order valence-electron chi connectivity index (χ1n) is 9.86. The second-order valence-electron chi connectivity index (χ2n) is 6.97. The summed E-state index contributed by atoms with van der Waals surface area (Å²) in [5, 5.41) is 5.41. The van der Waals surface area contributed by atoms with Crippen molar-refractivity contribution in [2.75, 3.05) is 48.4 Å². The van der Waals surface area contributed by atoms with E-state index in [9.17, 15) is 14.4 Å². The van der Waals surface area contributed by atoms with Crippen molar-refractivity contribution in [3.8, 4) is 5.75 Å². The van der Waals surface area contributed by atoms with Crippen LogP contribution in [0.4, 0.5) is 17.5 Å². The van der Waals surface area contributed by atoms with Crippen LogP contribution >= 0.6 is 0 Å². The summed E-state index contributed by atoms with van der Waals surface area (Å²) in [6.45, 7) is 4.49. The molecule has 2 aliphatic heterocycles. The van der Waals surface area contributed by atoms with Gasteiger partial charge in [-0.25, -0.2) is 0 Å². The Kier molecular flexibility index (Phi) is 5.66. The summed E-state index contributed by atoms with van der Waals surface area (Å²) in [4.78, 5) is 47.2. The van der Waals surface area contributed by atoms with E-state index in [0.717, 1.165) is 0 Å². The second kappa shape index (κ2) is 8.54. The van der Waals surface area contributed by atoms with Crippen molar-refractivity contribution < 1.29 is 19.1 Å². The Hall–Kier alpha value is -3.40. The number of carbonyl (C=O) groups is 2. The van der Waals surface area contributed by atoms with Crippen LogP contribution < -0.4 is 25.8 Å². The molecule has 1 saturated heterocycles. The maximum Gasteiger partial charge on any atom is 0.258 e. The number of fused-ring (bicyclic) bond motifs is 1. The molecule has 1 aromatic carbocycles. The van der Waals surface area contributed by atoms with Gasteiger partial charge in [0.05, 0.1) is 37.0 Å². The first-order valence-corrected chi connectivity index (χ1v) is 9.86. The summed E-state index contributed by atoms with van der Waals surface area (Å²) in [6.07, 6.45) is -0.142. The van der Waals surface area contributed by atoms with Crippen molar-refractivity contribution in [3.63, 3.8) is 0 Å². The maximum absolute atomic E-state index is 13.0. The van der Waals surface area contributed by atoms with Crippen molar-refractivity contribution >= 4 is 29.3 Å². The molecule has 1 atom stereocenters. The van der Waals surface area contributed by atoms with E-state index < -0.39 is 17.4 Å². The van der Waals surface area contributed by atoms with E-state index in [1.54, 1.807) is 24.3 Å². The van der Waals surface area contributed by atoms with Crippen molar-refractivity contribution in [3.05, 3.63) is 40.2 Å². The minimum atomic E-state index is -0.960. The van der Waals surface area contributed by atoms with E-state index in [1.807, 2.05) is 11.8 Å². The van der Waals surface area contributed by atoms with E-state index >= 15 is 0 Å². The number of aromatic nitrogens is 2. The van der Waals surface area contributed by atoms with E-state index in [4.69, 9.17) is 9.47 Å². The van der Waals surface area contributed by atoms with Gasteiger partial charge < -0.3 is 25.0 Å². The first kappa shape index (κ1) is 19.9. The van der Waals surface area contributed by atoms with Gasteiger partial charge in [0.25, 0.3) is 5.56 Å². The maximum atomic E-state index is 13.0. The third-order valence-corrected chi connectivity index (χ3v) is 5.01. The summed E-state index contributed by atoms with van der Waals surface area (Å²) in [5.74, 6) is -0.807. The molecule has 0 saturated carbocycles. The third-order valence-electron chi connectivity index (χ3n) is 5.01. The van der Waals surface area contributed by atoms with Crippen LogP contribution in [0.3, 0.4) is 0 Å². The summed E-state index contributed by atoms with van der Waals surface area (Å²) < 4.78 is 10.9. The number of morpholine rings is 1. The Morgan fingerprint density at radius 1 is 1.30 bits per heavy atom. The molecule has 0 aliphatic carbocycles. The largest absolute Gasteiger partial charge is 0.492 e. The zero-order valence-electron chi connectivity index (χ0n) is 16.6. The van der Waals surface area contributed by atoms with Crippen LogP contribution in [0.15, 0.2) is 29.1 Å². The number of aromatic amines is 1. The quantitative estimate of drug-likeness (QED) is 0.669. The number of nitrogens with zero attached hydrogens (tertiary/aromatic N) is 2. The minimum Gasteiger partial charge on any atom is -0.492 e. The average Bonchev–Trinajstić information content (AvgIpc) is 2.75. The number of para-hydroxylation sites is 2. The van der Waals surface area contributed by atoms with Crippen LogP contribution in [0.25, 0.3) is 0 Å². The molecule has 2 amide bonds. The van der Waals surface area contributed by atoms with Gasteiger partial charge in [-0.05, 0) is 19.1 Å². The molecule has 158 valence electrons. The van der Waals surface area contributed by atoms with Gasteiger partial charge in [0, 0.05) is 19.5 Å². The standard InChI is InChI=1S/C20H23N5O5/c1-2-30-14-6-4-3-5-13(14)21-18(27)12-11-15(26)22-17-16(12)19(28)24-20(23-17)25-7-9-29-10-8-25/h3-6,12H,2,7-11H2,1H3,(H,21,27)(H2,22,23,24,26,28). The zero-order chi connectivity index (χ0) is 21.1. The van der Waals surface area contributed by atoms with Gasteiger partial charge in [-0.2, -0.15) is 4.98 Å².